The summed E-state index contributed by atoms with van der Waals surface area (Å²) in [5, 5.41) is -0.595. The van der Waals surface area contributed by atoms with Gasteiger partial charge in [0.1, 0.15) is 0 Å². The minimum atomic E-state index is -3.49. The van der Waals surface area contributed by atoms with E-state index in [9.17, 15) is 13.2 Å². The smallest absolute Gasteiger partial charge is 0.252 e. The van der Waals surface area contributed by atoms with Gasteiger partial charge in [-0.1, -0.05) is 13.8 Å². The Labute approximate surface area is 119 Å². The minimum Gasteiger partial charge on any atom is -0.276 e. The Kier molecular flexibility index (Phi) is 5.97. The van der Waals surface area contributed by atoms with Crippen LogP contribution in [0.1, 0.15) is 37.0 Å². The van der Waals surface area contributed by atoms with Crippen molar-refractivity contribution in [1.29, 1.82) is 0 Å². The van der Waals surface area contributed by atoms with E-state index >= 15 is 0 Å². The monoisotopic (exact) mass is 303 g/mol. The van der Waals surface area contributed by atoms with Crippen LogP contribution in [0.3, 0.4) is 0 Å². The van der Waals surface area contributed by atoms with Gasteiger partial charge in [-0.3, -0.25) is 4.79 Å². The summed E-state index contributed by atoms with van der Waals surface area (Å²) in [7, 11) is -3.49. The molecule has 0 amide bonds. The average molecular weight is 304 g/mol. The van der Waals surface area contributed by atoms with Gasteiger partial charge in [-0.15, -0.1) is 0 Å². The fraction of sp³-hybridized carbons (Fsp3) is 0.462. The van der Waals surface area contributed by atoms with Crippen LogP contribution in [0.15, 0.2) is 29.2 Å². The summed E-state index contributed by atoms with van der Waals surface area (Å²) >= 11 is 5.33. The van der Waals surface area contributed by atoms with Gasteiger partial charge >= 0.3 is 0 Å². The number of carbonyl (C=O) groups excluding carboxylic acids is 1. The zero-order valence-electron chi connectivity index (χ0n) is 11.1. The Hall–Kier alpha value is -0.910. The normalized spacial score (nSPS) is 11.8. The summed E-state index contributed by atoms with van der Waals surface area (Å²) in [4.78, 5) is 11.1. The predicted octanol–water partition coefficient (Wildman–Crippen LogP) is 2.88. The molecule has 0 heterocycles. The third-order valence-electron chi connectivity index (χ3n) is 2.67. The maximum atomic E-state index is 12.4. The highest BCUT2D eigenvalue weighted by atomic mass is 35.5. The topological polar surface area (TPSA) is 54.5 Å². The van der Waals surface area contributed by atoms with E-state index in [1.807, 2.05) is 13.8 Å². The lowest BCUT2D eigenvalue weighted by Crippen LogP contribution is -2.32. The van der Waals surface area contributed by atoms with Gasteiger partial charge in [0, 0.05) is 18.7 Å². The number of hydrogen-bond donors (Lipinski definition) is 0. The Balaban J connectivity index is 3.07. The molecule has 0 saturated heterocycles. The lowest BCUT2D eigenvalue weighted by atomic mass is 10.2. The first-order valence-corrected chi connectivity index (χ1v) is 8.05. The van der Waals surface area contributed by atoms with Crippen molar-refractivity contribution in [2.75, 3.05) is 13.1 Å². The van der Waals surface area contributed by atoms with Crippen molar-refractivity contribution in [2.24, 2.45) is 0 Å². The van der Waals surface area contributed by atoms with Crippen molar-refractivity contribution in [1.82, 2.24) is 4.31 Å². The highest BCUT2D eigenvalue weighted by Crippen LogP contribution is 2.18. The first-order chi connectivity index (χ1) is 8.93. The molecule has 1 rings (SSSR count). The average Bonchev–Trinajstić information content (AvgIpc) is 2.38. The maximum absolute atomic E-state index is 12.4. The molecule has 0 aliphatic rings. The number of carbonyl (C=O) groups is 1. The van der Waals surface area contributed by atoms with E-state index in [4.69, 9.17) is 11.6 Å². The molecule has 0 spiro atoms. The lowest BCUT2D eigenvalue weighted by Gasteiger charge is -2.21. The van der Waals surface area contributed by atoms with Gasteiger partial charge in [0.25, 0.3) is 5.24 Å². The minimum absolute atomic E-state index is 0.191. The van der Waals surface area contributed by atoms with E-state index in [1.165, 1.54) is 28.6 Å². The van der Waals surface area contributed by atoms with Crippen LogP contribution in [0, 0.1) is 0 Å². The molecule has 4 nitrogen and oxygen atoms in total. The van der Waals surface area contributed by atoms with Crippen molar-refractivity contribution in [3.8, 4) is 0 Å². The fourth-order valence-corrected chi connectivity index (χ4v) is 3.51. The van der Waals surface area contributed by atoms with Gasteiger partial charge in [-0.05, 0) is 48.7 Å². The van der Waals surface area contributed by atoms with Gasteiger partial charge in [0.15, 0.2) is 0 Å². The van der Waals surface area contributed by atoms with E-state index in [1.54, 1.807) is 0 Å². The summed E-state index contributed by atoms with van der Waals surface area (Å²) in [6, 6.07) is 5.70. The predicted molar refractivity (Wildman–Crippen MR) is 76.0 cm³/mol. The van der Waals surface area contributed by atoms with Crippen LogP contribution in [0.25, 0.3) is 0 Å². The molecule has 0 bridgehead atoms. The molecule has 0 N–H and O–H groups in total. The second-order valence-electron chi connectivity index (χ2n) is 4.20. The number of sulfonamides is 1. The van der Waals surface area contributed by atoms with Crippen LogP contribution in [-0.4, -0.2) is 31.1 Å². The zero-order valence-corrected chi connectivity index (χ0v) is 12.7. The molecule has 0 aromatic heterocycles. The Morgan fingerprint density at radius 3 is 1.95 bits per heavy atom. The summed E-state index contributed by atoms with van der Waals surface area (Å²) in [6.07, 6.45) is 1.52. The molecule has 106 valence electrons. The molecule has 0 saturated carbocycles. The van der Waals surface area contributed by atoms with Crippen molar-refractivity contribution >= 4 is 26.9 Å². The maximum Gasteiger partial charge on any atom is 0.252 e. The molecule has 0 radical (unpaired) electrons. The lowest BCUT2D eigenvalue weighted by molar-refractivity contribution is 0.108. The molecule has 0 aliphatic heterocycles. The van der Waals surface area contributed by atoms with Crippen molar-refractivity contribution in [3.63, 3.8) is 0 Å². The standard InChI is InChI=1S/C13H18ClNO3S/c1-3-9-15(10-4-2)19(17,18)12-7-5-11(6-8-12)13(14)16/h5-8H,3-4,9-10H2,1-2H3. The van der Waals surface area contributed by atoms with Crippen LogP contribution in [-0.2, 0) is 10.0 Å². The summed E-state index contributed by atoms with van der Waals surface area (Å²) in [5.74, 6) is 0. The van der Waals surface area contributed by atoms with Gasteiger partial charge < -0.3 is 0 Å². The molecule has 1 aromatic carbocycles. The van der Waals surface area contributed by atoms with E-state index < -0.39 is 15.3 Å². The second kappa shape index (κ2) is 7.03. The third kappa shape index (κ3) is 4.03. The van der Waals surface area contributed by atoms with E-state index in [0.717, 1.165) is 12.8 Å². The quantitative estimate of drug-likeness (QED) is 0.728. The molecule has 6 heteroatoms. The highest BCUT2D eigenvalue weighted by molar-refractivity contribution is 7.89. The zero-order chi connectivity index (χ0) is 14.5. The fourth-order valence-electron chi connectivity index (χ4n) is 1.76. The summed E-state index contributed by atoms with van der Waals surface area (Å²) in [5.41, 5.74) is 0.290. The van der Waals surface area contributed by atoms with E-state index in [2.05, 4.69) is 0 Å². The molecule has 0 atom stereocenters. The van der Waals surface area contributed by atoms with Gasteiger partial charge in [0.2, 0.25) is 10.0 Å². The van der Waals surface area contributed by atoms with Crippen LogP contribution < -0.4 is 0 Å². The number of benzene rings is 1. The largest absolute Gasteiger partial charge is 0.276 e. The Morgan fingerprint density at radius 2 is 1.58 bits per heavy atom. The first kappa shape index (κ1) is 16.1. The van der Waals surface area contributed by atoms with E-state index in [-0.39, 0.29) is 10.5 Å². The molecule has 0 unspecified atom stereocenters. The molecule has 0 aliphatic carbocycles. The van der Waals surface area contributed by atoms with Crippen molar-refractivity contribution in [2.45, 2.75) is 31.6 Å². The number of rotatable bonds is 7. The van der Waals surface area contributed by atoms with Crippen LogP contribution in [0.2, 0.25) is 0 Å². The number of nitrogens with zero attached hydrogens (tertiary/aromatic N) is 1. The van der Waals surface area contributed by atoms with Gasteiger partial charge in [-0.2, -0.15) is 4.31 Å². The van der Waals surface area contributed by atoms with Crippen molar-refractivity contribution < 1.29 is 13.2 Å². The number of hydrogen-bond acceptors (Lipinski definition) is 3. The highest BCUT2D eigenvalue weighted by Gasteiger charge is 2.22. The van der Waals surface area contributed by atoms with Crippen LogP contribution in [0.5, 0.6) is 0 Å². The molecular weight excluding hydrogens is 286 g/mol. The first-order valence-electron chi connectivity index (χ1n) is 6.23. The Morgan fingerprint density at radius 1 is 1.11 bits per heavy atom. The van der Waals surface area contributed by atoms with Gasteiger partial charge in [-0.25, -0.2) is 8.42 Å². The van der Waals surface area contributed by atoms with Gasteiger partial charge in [0.05, 0.1) is 4.90 Å². The second-order valence-corrected chi connectivity index (χ2v) is 6.48. The Bertz CT molecular complexity index is 519. The molecular formula is C13H18ClNO3S. The number of halogens is 1. The summed E-state index contributed by atoms with van der Waals surface area (Å²) < 4.78 is 26.3. The SMILES string of the molecule is CCCN(CCC)S(=O)(=O)c1ccc(C(=O)Cl)cc1. The van der Waals surface area contributed by atoms with Crippen LogP contribution >= 0.6 is 11.6 Å². The van der Waals surface area contributed by atoms with Crippen molar-refractivity contribution in [3.05, 3.63) is 29.8 Å². The summed E-state index contributed by atoms with van der Waals surface area (Å²) in [6.45, 7) is 4.86. The molecule has 1 aromatic rings. The third-order valence-corrected chi connectivity index (χ3v) is 4.80. The molecule has 19 heavy (non-hydrogen) atoms. The van der Waals surface area contributed by atoms with Crippen LogP contribution in [0.4, 0.5) is 0 Å². The van der Waals surface area contributed by atoms with E-state index in [0.29, 0.717) is 13.1 Å². The molecule has 0 fully saturated rings.